The lowest BCUT2D eigenvalue weighted by Crippen LogP contribution is -2.38. The van der Waals surface area contributed by atoms with Gasteiger partial charge in [-0.1, -0.05) is 24.3 Å². The number of amides is 2. The van der Waals surface area contributed by atoms with Gasteiger partial charge in [0.05, 0.1) is 6.10 Å². The highest BCUT2D eigenvalue weighted by Gasteiger charge is 2.19. The van der Waals surface area contributed by atoms with Crippen LogP contribution >= 0.6 is 0 Å². The molecule has 2 amide bonds. The van der Waals surface area contributed by atoms with E-state index in [0.29, 0.717) is 5.69 Å². The fourth-order valence-electron chi connectivity index (χ4n) is 2.86. The van der Waals surface area contributed by atoms with Crippen molar-refractivity contribution < 1.29 is 14.7 Å². The Morgan fingerprint density at radius 1 is 1.14 bits per heavy atom. The van der Waals surface area contributed by atoms with Crippen LogP contribution in [0, 0.1) is 0 Å². The minimum absolute atomic E-state index is 0.0517. The van der Waals surface area contributed by atoms with E-state index in [9.17, 15) is 9.59 Å². The topological polar surface area (TPSA) is 78.4 Å². The van der Waals surface area contributed by atoms with Gasteiger partial charge in [-0.15, -0.1) is 0 Å². The van der Waals surface area contributed by atoms with Crippen molar-refractivity contribution in [3.63, 3.8) is 0 Å². The summed E-state index contributed by atoms with van der Waals surface area (Å²) in [7, 11) is 0. The molecule has 3 N–H and O–H groups in total. The van der Waals surface area contributed by atoms with Gasteiger partial charge in [0.15, 0.2) is 0 Å². The third-order valence-corrected chi connectivity index (χ3v) is 3.89. The van der Waals surface area contributed by atoms with Gasteiger partial charge in [-0.2, -0.15) is 0 Å². The van der Waals surface area contributed by atoms with Crippen LogP contribution in [0.5, 0.6) is 0 Å². The molecule has 0 fully saturated rings. The number of aliphatic hydroxyl groups is 1. The second kappa shape index (κ2) is 5.77. The summed E-state index contributed by atoms with van der Waals surface area (Å²) in [5.74, 6) is -1.47. The maximum Gasteiger partial charge on any atom is 0.313 e. The molecule has 3 rings (SSSR count). The van der Waals surface area contributed by atoms with Gasteiger partial charge >= 0.3 is 11.8 Å². The van der Waals surface area contributed by atoms with Crippen molar-refractivity contribution in [1.29, 1.82) is 0 Å². The summed E-state index contributed by atoms with van der Waals surface area (Å²) in [6, 6.07) is 9.86. The monoisotopic (exact) mass is 298 g/mol. The minimum atomic E-state index is -0.746. The maximum absolute atomic E-state index is 11.9. The standard InChI is InChI=1S/C17H18N2O3/c1-10(20)9-18-16(21)17(22)19-14-8-7-12-6-5-11-3-2-4-13(14)15(11)12/h2-4,7-8,10,20H,5-6,9H2,1H3,(H,18,21)(H,19,22). The van der Waals surface area contributed by atoms with Crippen molar-refractivity contribution in [3.05, 3.63) is 41.5 Å². The molecule has 0 saturated carbocycles. The van der Waals surface area contributed by atoms with Gasteiger partial charge < -0.3 is 15.7 Å². The molecule has 0 saturated heterocycles. The van der Waals surface area contributed by atoms with E-state index in [1.807, 2.05) is 24.3 Å². The Labute approximate surface area is 128 Å². The minimum Gasteiger partial charge on any atom is -0.392 e. The van der Waals surface area contributed by atoms with E-state index in [1.165, 1.54) is 16.5 Å². The van der Waals surface area contributed by atoms with Gasteiger partial charge in [-0.05, 0) is 42.3 Å². The molecule has 0 aliphatic heterocycles. The quantitative estimate of drug-likeness (QED) is 0.749. The van der Waals surface area contributed by atoms with Crippen LogP contribution in [0.4, 0.5) is 5.69 Å². The number of carbonyl (C=O) groups is 2. The van der Waals surface area contributed by atoms with E-state index in [0.717, 1.165) is 18.2 Å². The molecule has 114 valence electrons. The molecule has 1 aliphatic carbocycles. The molecule has 2 aromatic rings. The van der Waals surface area contributed by atoms with Crippen molar-refractivity contribution in [1.82, 2.24) is 5.32 Å². The molecule has 0 bridgehead atoms. The summed E-state index contributed by atoms with van der Waals surface area (Å²) in [4.78, 5) is 23.6. The van der Waals surface area contributed by atoms with Crippen LogP contribution in [0.25, 0.3) is 10.8 Å². The normalized spacial score (nSPS) is 13.9. The third kappa shape index (κ3) is 2.67. The number of benzene rings is 2. The molecule has 2 aromatic carbocycles. The SMILES string of the molecule is CC(O)CNC(=O)C(=O)Nc1ccc2c3c(cccc13)CC2. The molecule has 1 atom stereocenters. The Morgan fingerprint density at radius 3 is 2.59 bits per heavy atom. The number of nitrogens with one attached hydrogen (secondary N) is 2. The Hall–Kier alpha value is -2.40. The molecule has 22 heavy (non-hydrogen) atoms. The highest BCUT2D eigenvalue weighted by Crippen LogP contribution is 2.34. The van der Waals surface area contributed by atoms with Gasteiger partial charge in [0.1, 0.15) is 0 Å². The third-order valence-electron chi connectivity index (χ3n) is 3.89. The lowest BCUT2D eigenvalue weighted by molar-refractivity contribution is -0.136. The van der Waals surface area contributed by atoms with Gasteiger partial charge in [-0.3, -0.25) is 9.59 Å². The zero-order chi connectivity index (χ0) is 15.7. The van der Waals surface area contributed by atoms with E-state index >= 15 is 0 Å². The van der Waals surface area contributed by atoms with Crippen molar-refractivity contribution in [2.45, 2.75) is 25.9 Å². The number of aliphatic hydroxyl groups excluding tert-OH is 1. The molecule has 1 unspecified atom stereocenters. The van der Waals surface area contributed by atoms with E-state index in [4.69, 9.17) is 5.11 Å². The van der Waals surface area contributed by atoms with Crippen LogP contribution in [-0.2, 0) is 22.4 Å². The zero-order valence-corrected chi connectivity index (χ0v) is 12.3. The van der Waals surface area contributed by atoms with Crippen molar-refractivity contribution in [2.75, 3.05) is 11.9 Å². The molecular formula is C17H18N2O3. The van der Waals surface area contributed by atoms with Crippen LogP contribution in [0.2, 0.25) is 0 Å². The fraction of sp³-hybridized carbons (Fsp3) is 0.294. The summed E-state index contributed by atoms with van der Waals surface area (Å²) in [5, 5.41) is 16.3. The predicted octanol–water partition coefficient (Wildman–Crippen LogP) is 1.37. The second-order valence-electron chi connectivity index (χ2n) is 5.63. The fourth-order valence-corrected chi connectivity index (χ4v) is 2.86. The first-order valence-corrected chi connectivity index (χ1v) is 7.37. The summed E-state index contributed by atoms with van der Waals surface area (Å²) >= 11 is 0. The summed E-state index contributed by atoms with van der Waals surface area (Å²) in [6.07, 6.45) is 1.34. The van der Waals surface area contributed by atoms with E-state index in [1.54, 1.807) is 6.92 Å². The molecule has 5 nitrogen and oxygen atoms in total. The smallest absolute Gasteiger partial charge is 0.313 e. The first kappa shape index (κ1) is 14.5. The van der Waals surface area contributed by atoms with Crippen LogP contribution in [0.15, 0.2) is 30.3 Å². The lowest BCUT2D eigenvalue weighted by atomic mass is 10.0. The van der Waals surface area contributed by atoms with Crippen LogP contribution in [0.3, 0.4) is 0 Å². The van der Waals surface area contributed by atoms with E-state index in [-0.39, 0.29) is 6.54 Å². The summed E-state index contributed by atoms with van der Waals surface area (Å²) < 4.78 is 0. The van der Waals surface area contributed by atoms with Crippen molar-refractivity contribution >= 4 is 28.3 Å². The predicted molar refractivity (Wildman–Crippen MR) is 84.7 cm³/mol. The summed E-state index contributed by atoms with van der Waals surface area (Å²) in [5.41, 5.74) is 3.20. The second-order valence-corrected chi connectivity index (χ2v) is 5.63. The van der Waals surface area contributed by atoms with Crippen molar-refractivity contribution in [3.8, 4) is 0 Å². The highest BCUT2D eigenvalue weighted by atomic mass is 16.3. The first-order chi connectivity index (χ1) is 10.6. The first-order valence-electron chi connectivity index (χ1n) is 7.37. The van der Waals surface area contributed by atoms with Crippen molar-refractivity contribution in [2.24, 2.45) is 0 Å². The molecule has 0 aromatic heterocycles. The van der Waals surface area contributed by atoms with Gasteiger partial charge in [0.2, 0.25) is 0 Å². The number of aryl methyl sites for hydroxylation is 2. The Morgan fingerprint density at radius 2 is 1.86 bits per heavy atom. The number of hydrogen-bond acceptors (Lipinski definition) is 3. The molecule has 0 spiro atoms. The highest BCUT2D eigenvalue weighted by molar-refractivity contribution is 6.40. The average Bonchev–Trinajstić information content (AvgIpc) is 2.92. The summed E-state index contributed by atoms with van der Waals surface area (Å²) in [6.45, 7) is 1.59. The Kier molecular flexibility index (Phi) is 3.81. The van der Waals surface area contributed by atoms with Crippen LogP contribution in [0.1, 0.15) is 18.1 Å². The van der Waals surface area contributed by atoms with Gasteiger partial charge in [0, 0.05) is 17.6 Å². The van der Waals surface area contributed by atoms with Crippen LogP contribution < -0.4 is 10.6 Å². The average molecular weight is 298 g/mol. The number of rotatable bonds is 3. The van der Waals surface area contributed by atoms with E-state index < -0.39 is 17.9 Å². The molecular weight excluding hydrogens is 280 g/mol. The molecule has 0 heterocycles. The number of anilines is 1. The van der Waals surface area contributed by atoms with Crippen LogP contribution in [-0.4, -0.2) is 29.6 Å². The van der Waals surface area contributed by atoms with Gasteiger partial charge in [0.25, 0.3) is 0 Å². The van der Waals surface area contributed by atoms with E-state index in [2.05, 4.69) is 16.7 Å². The maximum atomic E-state index is 11.9. The number of carbonyl (C=O) groups excluding carboxylic acids is 2. The Bertz CT molecular complexity index is 743. The lowest BCUT2D eigenvalue weighted by Gasteiger charge is -2.11. The zero-order valence-electron chi connectivity index (χ0n) is 12.3. The molecule has 5 heteroatoms. The number of hydrogen-bond donors (Lipinski definition) is 3. The molecule has 1 aliphatic rings. The largest absolute Gasteiger partial charge is 0.392 e. The Balaban J connectivity index is 1.83. The van der Waals surface area contributed by atoms with Gasteiger partial charge in [-0.25, -0.2) is 0 Å². The molecule has 0 radical (unpaired) electrons.